The van der Waals surface area contributed by atoms with Gasteiger partial charge in [0.15, 0.2) is 0 Å². The molecule has 82 valence electrons. The van der Waals surface area contributed by atoms with Crippen molar-refractivity contribution < 1.29 is 13.7 Å². The normalized spacial score (nSPS) is 10.4. The standard InChI is InChI=1S/C10H6BrFN2O2/c1-5(15)10-13-9(14-16-10)7-4-6(12)2-3-8(7)11/h2-4H,1H3. The van der Waals surface area contributed by atoms with E-state index in [-0.39, 0.29) is 17.5 Å². The molecule has 1 aromatic carbocycles. The summed E-state index contributed by atoms with van der Waals surface area (Å²) in [7, 11) is 0. The smallest absolute Gasteiger partial charge is 0.294 e. The Morgan fingerprint density at radius 1 is 1.50 bits per heavy atom. The van der Waals surface area contributed by atoms with Crippen LogP contribution in [0.3, 0.4) is 0 Å². The lowest BCUT2D eigenvalue weighted by atomic mass is 10.2. The number of benzene rings is 1. The fourth-order valence-corrected chi connectivity index (χ4v) is 1.57. The Hall–Kier alpha value is -1.56. The third-order valence-corrected chi connectivity index (χ3v) is 2.59. The molecule has 0 spiro atoms. The number of rotatable bonds is 2. The fraction of sp³-hybridized carbons (Fsp3) is 0.100. The van der Waals surface area contributed by atoms with Gasteiger partial charge in [0.05, 0.1) is 0 Å². The minimum atomic E-state index is -0.410. The molecule has 0 atom stereocenters. The van der Waals surface area contributed by atoms with E-state index in [4.69, 9.17) is 4.52 Å². The molecule has 2 rings (SSSR count). The van der Waals surface area contributed by atoms with Gasteiger partial charge in [0.2, 0.25) is 11.6 Å². The van der Waals surface area contributed by atoms with E-state index in [1.165, 1.54) is 25.1 Å². The number of hydrogen-bond donors (Lipinski definition) is 0. The number of nitrogens with zero attached hydrogens (tertiary/aromatic N) is 2. The van der Waals surface area contributed by atoms with Crippen molar-refractivity contribution in [2.24, 2.45) is 0 Å². The molecule has 1 aromatic heterocycles. The molecule has 0 bridgehead atoms. The summed E-state index contributed by atoms with van der Waals surface area (Å²) >= 11 is 3.24. The second-order valence-electron chi connectivity index (χ2n) is 3.10. The zero-order valence-electron chi connectivity index (χ0n) is 8.20. The van der Waals surface area contributed by atoms with Crippen molar-refractivity contribution in [1.29, 1.82) is 0 Å². The van der Waals surface area contributed by atoms with Crippen LogP contribution in [-0.4, -0.2) is 15.9 Å². The fourth-order valence-electron chi connectivity index (χ4n) is 1.14. The first kappa shape index (κ1) is 10.9. The zero-order chi connectivity index (χ0) is 11.7. The van der Waals surface area contributed by atoms with E-state index in [2.05, 4.69) is 26.1 Å². The van der Waals surface area contributed by atoms with Crippen LogP contribution in [0, 0.1) is 5.82 Å². The molecule has 0 aliphatic rings. The largest absolute Gasteiger partial charge is 0.330 e. The summed E-state index contributed by atoms with van der Waals surface area (Å²) in [6, 6.07) is 4.10. The molecule has 0 radical (unpaired) electrons. The Labute approximate surface area is 98.6 Å². The Morgan fingerprint density at radius 3 is 2.88 bits per heavy atom. The highest BCUT2D eigenvalue weighted by Crippen LogP contribution is 2.26. The second kappa shape index (κ2) is 4.13. The van der Waals surface area contributed by atoms with E-state index in [9.17, 15) is 9.18 Å². The van der Waals surface area contributed by atoms with E-state index in [0.717, 1.165) is 0 Å². The summed E-state index contributed by atoms with van der Waals surface area (Å²) in [6.45, 7) is 1.32. The van der Waals surface area contributed by atoms with Crippen LogP contribution in [0.1, 0.15) is 17.6 Å². The van der Waals surface area contributed by atoms with Crippen molar-refractivity contribution in [3.63, 3.8) is 0 Å². The van der Waals surface area contributed by atoms with Gasteiger partial charge in [-0.2, -0.15) is 4.98 Å². The highest BCUT2D eigenvalue weighted by atomic mass is 79.9. The summed E-state index contributed by atoms with van der Waals surface area (Å²) in [5.41, 5.74) is 0.441. The number of carbonyl (C=O) groups is 1. The Balaban J connectivity index is 2.50. The maximum absolute atomic E-state index is 13.0. The predicted octanol–water partition coefficient (Wildman–Crippen LogP) is 2.84. The van der Waals surface area contributed by atoms with Gasteiger partial charge >= 0.3 is 0 Å². The Morgan fingerprint density at radius 2 is 2.25 bits per heavy atom. The molecule has 0 fully saturated rings. The molecule has 0 amide bonds. The van der Waals surface area contributed by atoms with Gasteiger partial charge in [0.25, 0.3) is 5.89 Å². The number of carbonyl (C=O) groups excluding carboxylic acids is 1. The van der Waals surface area contributed by atoms with Crippen LogP contribution < -0.4 is 0 Å². The van der Waals surface area contributed by atoms with Gasteiger partial charge in [-0.3, -0.25) is 4.79 Å². The molecule has 0 saturated heterocycles. The first-order valence-corrected chi connectivity index (χ1v) is 5.17. The van der Waals surface area contributed by atoms with Crippen LogP contribution in [-0.2, 0) is 0 Å². The van der Waals surface area contributed by atoms with Gasteiger partial charge in [0, 0.05) is 17.0 Å². The van der Waals surface area contributed by atoms with E-state index < -0.39 is 5.82 Å². The molecule has 6 heteroatoms. The lowest BCUT2D eigenvalue weighted by molar-refractivity contribution is 0.0972. The van der Waals surface area contributed by atoms with Gasteiger partial charge in [-0.25, -0.2) is 4.39 Å². The molecule has 0 unspecified atom stereocenters. The summed E-state index contributed by atoms with van der Waals surface area (Å²) in [6.07, 6.45) is 0. The van der Waals surface area contributed by atoms with Gasteiger partial charge < -0.3 is 4.52 Å². The molecule has 0 saturated carbocycles. The predicted molar refractivity (Wildman–Crippen MR) is 57.4 cm³/mol. The average Bonchev–Trinajstić information content (AvgIpc) is 2.70. The SMILES string of the molecule is CC(=O)c1nc(-c2cc(F)ccc2Br)no1. The quantitative estimate of drug-likeness (QED) is 0.796. The van der Waals surface area contributed by atoms with E-state index in [1.54, 1.807) is 0 Å². The van der Waals surface area contributed by atoms with Gasteiger partial charge in [0.1, 0.15) is 5.82 Å². The van der Waals surface area contributed by atoms with Crippen molar-refractivity contribution in [3.8, 4) is 11.4 Å². The van der Waals surface area contributed by atoms with E-state index in [0.29, 0.717) is 10.0 Å². The van der Waals surface area contributed by atoms with Crippen LogP contribution in [0.15, 0.2) is 27.2 Å². The van der Waals surface area contributed by atoms with Crippen LogP contribution >= 0.6 is 15.9 Å². The maximum Gasteiger partial charge on any atom is 0.294 e. The van der Waals surface area contributed by atoms with Gasteiger partial charge in [-0.15, -0.1) is 0 Å². The van der Waals surface area contributed by atoms with Gasteiger partial charge in [-0.05, 0) is 18.2 Å². The number of Topliss-reactive ketones (excluding diaryl/α,β-unsaturated/α-hetero) is 1. The van der Waals surface area contributed by atoms with E-state index >= 15 is 0 Å². The molecule has 16 heavy (non-hydrogen) atoms. The number of aromatic nitrogens is 2. The molecular weight excluding hydrogens is 279 g/mol. The lowest BCUT2D eigenvalue weighted by Gasteiger charge is -1.97. The van der Waals surface area contributed by atoms with Crippen LogP contribution in [0.25, 0.3) is 11.4 Å². The second-order valence-corrected chi connectivity index (χ2v) is 3.96. The highest BCUT2D eigenvalue weighted by Gasteiger charge is 2.14. The van der Waals surface area contributed by atoms with Crippen molar-refractivity contribution >= 4 is 21.7 Å². The molecule has 1 heterocycles. The number of hydrogen-bond acceptors (Lipinski definition) is 4. The molecule has 0 aliphatic carbocycles. The third-order valence-electron chi connectivity index (χ3n) is 1.90. The van der Waals surface area contributed by atoms with Crippen molar-refractivity contribution in [2.45, 2.75) is 6.92 Å². The number of ketones is 1. The Bertz CT molecular complexity index is 554. The zero-order valence-corrected chi connectivity index (χ0v) is 9.78. The van der Waals surface area contributed by atoms with Crippen molar-refractivity contribution in [3.05, 3.63) is 34.4 Å². The molecule has 0 N–H and O–H groups in total. The highest BCUT2D eigenvalue weighted by molar-refractivity contribution is 9.10. The topological polar surface area (TPSA) is 56.0 Å². The third kappa shape index (κ3) is 2.01. The average molecular weight is 285 g/mol. The minimum absolute atomic E-state index is 0.0915. The first-order valence-electron chi connectivity index (χ1n) is 4.38. The monoisotopic (exact) mass is 284 g/mol. The van der Waals surface area contributed by atoms with Gasteiger partial charge in [-0.1, -0.05) is 21.1 Å². The lowest BCUT2D eigenvalue weighted by Crippen LogP contribution is -1.91. The van der Waals surface area contributed by atoms with Crippen molar-refractivity contribution in [1.82, 2.24) is 10.1 Å². The molecule has 2 aromatic rings. The molecule has 0 aliphatic heterocycles. The van der Waals surface area contributed by atoms with Crippen LogP contribution in [0.5, 0.6) is 0 Å². The molecule has 4 nitrogen and oxygen atoms in total. The van der Waals surface area contributed by atoms with Crippen molar-refractivity contribution in [2.75, 3.05) is 0 Å². The summed E-state index contributed by atoms with van der Waals surface area (Å²) in [5.74, 6) is -0.651. The Kier molecular flexibility index (Phi) is 2.82. The van der Waals surface area contributed by atoms with Crippen LogP contribution in [0.4, 0.5) is 4.39 Å². The van der Waals surface area contributed by atoms with Crippen LogP contribution in [0.2, 0.25) is 0 Å². The number of halogens is 2. The summed E-state index contributed by atoms with van der Waals surface area (Å²) in [4.78, 5) is 14.8. The maximum atomic E-state index is 13.0. The molecular formula is C10H6BrFN2O2. The first-order chi connectivity index (χ1) is 7.58. The summed E-state index contributed by atoms with van der Waals surface area (Å²) < 4.78 is 18.4. The summed E-state index contributed by atoms with van der Waals surface area (Å²) in [5, 5.41) is 3.61. The van der Waals surface area contributed by atoms with E-state index in [1.807, 2.05) is 0 Å². The minimum Gasteiger partial charge on any atom is -0.330 e.